The Morgan fingerprint density at radius 3 is 2.52 bits per heavy atom. The van der Waals surface area contributed by atoms with E-state index >= 15 is 0 Å². The molecular weight excluding hydrogens is 372 g/mol. The Morgan fingerprint density at radius 1 is 1.10 bits per heavy atom. The number of esters is 2. The Bertz CT molecular complexity index is 1030. The topological polar surface area (TPSA) is 86.5 Å². The number of carbonyl (C=O) groups excluding carboxylic acids is 2. The number of nitrogens with zero attached hydrogens (tertiary/aromatic N) is 4. The lowest BCUT2D eigenvalue weighted by atomic mass is 10.1. The van der Waals surface area contributed by atoms with Gasteiger partial charge >= 0.3 is 11.9 Å². The van der Waals surface area contributed by atoms with Crippen molar-refractivity contribution < 1.29 is 19.1 Å². The fourth-order valence-electron chi connectivity index (χ4n) is 2.94. The zero-order chi connectivity index (χ0) is 21.0. The van der Waals surface area contributed by atoms with Crippen LogP contribution in [0, 0.1) is 6.92 Å². The molecular formula is C21H22N4O4. The summed E-state index contributed by atoms with van der Waals surface area (Å²) in [5.74, 6) is -1.29. The van der Waals surface area contributed by atoms with Crippen molar-refractivity contribution in [1.29, 1.82) is 0 Å². The summed E-state index contributed by atoms with van der Waals surface area (Å²) in [6, 6.07) is 5.64. The molecule has 150 valence electrons. The molecule has 1 aliphatic heterocycles. The molecule has 0 atom stereocenters. The smallest absolute Gasteiger partial charge is 0.355 e. The van der Waals surface area contributed by atoms with Crippen molar-refractivity contribution >= 4 is 17.6 Å². The van der Waals surface area contributed by atoms with E-state index in [4.69, 9.17) is 9.47 Å². The van der Waals surface area contributed by atoms with Gasteiger partial charge < -0.3 is 14.4 Å². The average molecular weight is 394 g/mol. The zero-order valence-corrected chi connectivity index (χ0v) is 16.7. The van der Waals surface area contributed by atoms with Gasteiger partial charge in [0.05, 0.1) is 37.4 Å². The Hall–Kier alpha value is -3.68. The van der Waals surface area contributed by atoms with Crippen LogP contribution in [0.3, 0.4) is 0 Å². The first-order valence-electron chi connectivity index (χ1n) is 9.07. The van der Waals surface area contributed by atoms with Crippen molar-refractivity contribution in [2.45, 2.75) is 20.3 Å². The lowest BCUT2D eigenvalue weighted by molar-refractivity contribution is -0.139. The summed E-state index contributed by atoms with van der Waals surface area (Å²) >= 11 is 0. The number of hydrogen-bond donors (Lipinski definition) is 0. The summed E-state index contributed by atoms with van der Waals surface area (Å²) in [5.41, 5.74) is 3.48. The number of benzene rings is 1. The third-order valence-corrected chi connectivity index (χ3v) is 4.51. The highest BCUT2D eigenvalue weighted by atomic mass is 16.5. The number of rotatable bonds is 5. The van der Waals surface area contributed by atoms with Gasteiger partial charge in [-0.15, -0.1) is 5.10 Å². The van der Waals surface area contributed by atoms with Crippen LogP contribution in [0.4, 0.5) is 5.69 Å². The van der Waals surface area contributed by atoms with Gasteiger partial charge in [-0.2, -0.15) is 0 Å². The van der Waals surface area contributed by atoms with E-state index in [0.717, 1.165) is 23.4 Å². The fourth-order valence-corrected chi connectivity index (χ4v) is 2.94. The van der Waals surface area contributed by atoms with Crippen molar-refractivity contribution in [1.82, 2.24) is 15.0 Å². The highest BCUT2D eigenvalue weighted by Gasteiger charge is 2.27. The SMILES string of the molecule is CCc1cn(-c2cc(N3C=CC=CC(C(=O)OC)=C3C(=O)OC)ccc2C)nn1. The number of allylic oxidation sites excluding steroid dienone is 2. The summed E-state index contributed by atoms with van der Waals surface area (Å²) in [6.45, 7) is 3.97. The summed E-state index contributed by atoms with van der Waals surface area (Å²) in [4.78, 5) is 26.5. The summed E-state index contributed by atoms with van der Waals surface area (Å²) in [5, 5.41) is 8.33. The van der Waals surface area contributed by atoms with Crippen LogP contribution in [0.2, 0.25) is 0 Å². The fraction of sp³-hybridized carbons (Fsp3) is 0.238. The first-order valence-corrected chi connectivity index (χ1v) is 9.07. The van der Waals surface area contributed by atoms with Crippen molar-refractivity contribution in [2.24, 2.45) is 0 Å². The maximum absolute atomic E-state index is 12.6. The zero-order valence-electron chi connectivity index (χ0n) is 16.7. The molecule has 3 rings (SSSR count). The van der Waals surface area contributed by atoms with E-state index in [1.807, 2.05) is 38.2 Å². The molecule has 1 aromatic carbocycles. The lowest BCUT2D eigenvalue weighted by Gasteiger charge is -2.24. The van der Waals surface area contributed by atoms with Gasteiger partial charge in [0.1, 0.15) is 5.70 Å². The molecule has 8 nitrogen and oxygen atoms in total. The first-order chi connectivity index (χ1) is 14.0. The van der Waals surface area contributed by atoms with Gasteiger partial charge in [0.25, 0.3) is 0 Å². The van der Waals surface area contributed by atoms with Gasteiger partial charge in [0, 0.05) is 11.9 Å². The predicted molar refractivity (Wildman–Crippen MR) is 107 cm³/mol. The van der Waals surface area contributed by atoms with Gasteiger partial charge in [-0.05, 0) is 43.2 Å². The van der Waals surface area contributed by atoms with Gasteiger partial charge in [0.2, 0.25) is 0 Å². The molecule has 0 unspecified atom stereocenters. The molecule has 8 heteroatoms. The molecule has 0 spiro atoms. The van der Waals surface area contributed by atoms with Gasteiger partial charge in [-0.1, -0.05) is 24.3 Å². The molecule has 2 aromatic rings. The molecule has 0 amide bonds. The largest absolute Gasteiger partial charge is 0.465 e. The minimum atomic E-state index is -0.655. The van der Waals surface area contributed by atoms with Gasteiger partial charge in [-0.25, -0.2) is 14.3 Å². The number of hydrogen-bond acceptors (Lipinski definition) is 7. The van der Waals surface area contributed by atoms with Gasteiger partial charge in [0.15, 0.2) is 0 Å². The Kier molecular flexibility index (Phi) is 5.92. The number of aromatic nitrogens is 3. The minimum absolute atomic E-state index is 0.0620. The Labute approximate surface area is 168 Å². The van der Waals surface area contributed by atoms with E-state index < -0.39 is 11.9 Å². The van der Waals surface area contributed by atoms with Crippen molar-refractivity contribution in [3.63, 3.8) is 0 Å². The molecule has 0 saturated heterocycles. The normalized spacial score (nSPS) is 13.4. The number of anilines is 1. The van der Waals surface area contributed by atoms with E-state index in [1.54, 1.807) is 27.9 Å². The van der Waals surface area contributed by atoms with Crippen LogP contribution in [-0.2, 0) is 25.5 Å². The van der Waals surface area contributed by atoms with E-state index in [0.29, 0.717) is 5.69 Å². The summed E-state index contributed by atoms with van der Waals surface area (Å²) < 4.78 is 11.5. The van der Waals surface area contributed by atoms with E-state index in [1.165, 1.54) is 20.3 Å². The molecule has 0 saturated carbocycles. The lowest BCUT2D eigenvalue weighted by Crippen LogP contribution is -2.27. The molecule has 0 fully saturated rings. The number of methoxy groups -OCH3 is 2. The molecule has 0 bridgehead atoms. The maximum atomic E-state index is 12.6. The van der Waals surface area contributed by atoms with Crippen LogP contribution in [0.15, 0.2) is 60.1 Å². The van der Waals surface area contributed by atoms with Gasteiger partial charge in [-0.3, -0.25) is 0 Å². The summed E-state index contributed by atoms with van der Waals surface area (Å²) in [7, 11) is 2.53. The minimum Gasteiger partial charge on any atom is -0.465 e. The van der Waals surface area contributed by atoms with Crippen LogP contribution in [-0.4, -0.2) is 41.2 Å². The molecule has 29 heavy (non-hydrogen) atoms. The molecule has 1 aromatic heterocycles. The average Bonchev–Trinajstić information content (AvgIpc) is 3.11. The van der Waals surface area contributed by atoms with E-state index in [-0.39, 0.29) is 11.3 Å². The number of carbonyl (C=O) groups is 2. The standard InChI is InChI=1S/C21H22N4O4/c1-5-15-13-25(23-22-15)18-12-16(10-9-14(18)2)24-11-7-6-8-17(20(26)28-3)19(24)21(27)29-4/h6-13H,5H2,1-4H3. The maximum Gasteiger partial charge on any atom is 0.355 e. The van der Waals surface area contributed by atoms with Crippen molar-refractivity contribution in [3.8, 4) is 5.69 Å². The van der Waals surface area contributed by atoms with Crippen LogP contribution in [0.1, 0.15) is 18.2 Å². The van der Waals surface area contributed by atoms with Crippen LogP contribution >= 0.6 is 0 Å². The number of ether oxygens (including phenoxy) is 2. The third-order valence-electron chi connectivity index (χ3n) is 4.51. The molecule has 0 N–H and O–H groups in total. The first kappa shape index (κ1) is 20.1. The molecule has 0 aliphatic carbocycles. The quantitative estimate of drug-likeness (QED) is 0.721. The number of aryl methyl sites for hydroxylation is 2. The summed E-state index contributed by atoms with van der Waals surface area (Å²) in [6.07, 6.45) is 9.23. The second-order valence-electron chi connectivity index (χ2n) is 6.29. The van der Waals surface area contributed by atoms with Crippen molar-refractivity contribution in [2.75, 3.05) is 19.1 Å². The molecule has 1 aliphatic rings. The Balaban J connectivity index is 2.16. The van der Waals surface area contributed by atoms with E-state index in [2.05, 4.69) is 10.3 Å². The highest BCUT2D eigenvalue weighted by Crippen LogP contribution is 2.29. The molecule has 2 heterocycles. The second-order valence-corrected chi connectivity index (χ2v) is 6.29. The molecule has 0 radical (unpaired) electrons. The van der Waals surface area contributed by atoms with Crippen LogP contribution in [0.5, 0.6) is 0 Å². The highest BCUT2D eigenvalue weighted by molar-refractivity contribution is 6.05. The third kappa shape index (κ3) is 3.96. The van der Waals surface area contributed by atoms with Crippen LogP contribution in [0.25, 0.3) is 5.69 Å². The Morgan fingerprint density at radius 2 is 1.86 bits per heavy atom. The second kappa shape index (κ2) is 8.55. The van der Waals surface area contributed by atoms with Crippen LogP contribution < -0.4 is 4.90 Å². The monoisotopic (exact) mass is 394 g/mol. The predicted octanol–water partition coefficient (Wildman–Crippen LogP) is 2.63. The van der Waals surface area contributed by atoms with Crippen molar-refractivity contribution in [3.05, 3.63) is 71.4 Å². The van der Waals surface area contributed by atoms with E-state index in [9.17, 15) is 9.59 Å².